The van der Waals surface area contributed by atoms with Crippen LogP contribution >= 0.6 is 0 Å². The molecule has 1 heterocycles. The van der Waals surface area contributed by atoms with Crippen LogP contribution < -0.4 is 10.0 Å². The quantitative estimate of drug-likeness (QED) is 0.626. The average Bonchev–Trinajstić information content (AvgIpc) is 2.70. The molecule has 1 atom stereocenters. The first-order chi connectivity index (χ1) is 13.0. The minimum absolute atomic E-state index is 0.118. The Hall–Kier alpha value is -2.86. The zero-order chi connectivity index (χ0) is 19.3. The Morgan fingerprint density at radius 2 is 1.67 bits per heavy atom. The van der Waals surface area contributed by atoms with Crippen LogP contribution in [0.5, 0.6) is 0 Å². The summed E-state index contributed by atoms with van der Waals surface area (Å²) in [6.07, 6.45) is 2.49. The van der Waals surface area contributed by atoms with Gasteiger partial charge in [0, 0.05) is 6.04 Å². The average molecular weight is 382 g/mol. The standard InChI is InChI=1S/C21H23N3O2S/c1-3-17-9-12-20(13-10-17)27(25,26)24-21-14-11-19(15-22-21)23-16(2)18-7-5-4-6-8-18/h4-16,23H,3H2,1-2H3,(H,22,24). The van der Waals surface area contributed by atoms with Crippen molar-refractivity contribution in [1.29, 1.82) is 0 Å². The van der Waals surface area contributed by atoms with Crippen molar-refractivity contribution in [1.82, 2.24) is 4.98 Å². The number of pyridine rings is 1. The van der Waals surface area contributed by atoms with Crippen LogP contribution in [-0.4, -0.2) is 13.4 Å². The highest BCUT2D eigenvalue weighted by molar-refractivity contribution is 7.92. The van der Waals surface area contributed by atoms with Crippen LogP contribution in [0.15, 0.2) is 77.8 Å². The van der Waals surface area contributed by atoms with Crippen molar-refractivity contribution in [3.63, 3.8) is 0 Å². The van der Waals surface area contributed by atoms with E-state index in [2.05, 4.69) is 34.1 Å². The number of hydrogen-bond acceptors (Lipinski definition) is 4. The molecule has 0 saturated carbocycles. The normalized spacial score (nSPS) is 12.4. The minimum atomic E-state index is -3.65. The maximum absolute atomic E-state index is 12.5. The zero-order valence-corrected chi connectivity index (χ0v) is 16.2. The molecule has 0 aliphatic rings. The van der Waals surface area contributed by atoms with Crippen molar-refractivity contribution in [3.8, 4) is 0 Å². The van der Waals surface area contributed by atoms with E-state index in [4.69, 9.17) is 0 Å². The van der Waals surface area contributed by atoms with Gasteiger partial charge in [-0.3, -0.25) is 4.72 Å². The largest absolute Gasteiger partial charge is 0.377 e. The summed E-state index contributed by atoms with van der Waals surface area (Å²) >= 11 is 0. The summed E-state index contributed by atoms with van der Waals surface area (Å²) in [5, 5.41) is 3.35. The predicted octanol–water partition coefficient (Wildman–Crippen LogP) is 4.62. The van der Waals surface area contributed by atoms with Gasteiger partial charge in [0.25, 0.3) is 10.0 Å². The molecule has 2 aromatic carbocycles. The van der Waals surface area contributed by atoms with Crippen molar-refractivity contribution >= 4 is 21.5 Å². The summed E-state index contributed by atoms with van der Waals surface area (Å²) in [6, 6.07) is 20.5. The van der Waals surface area contributed by atoms with Gasteiger partial charge in [0.15, 0.2) is 0 Å². The van der Waals surface area contributed by atoms with Crippen molar-refractivity contribution in [3.05, 3.63) is 84.1 Å². The molecule has 2 N–H and O–H groups in total. The zero-order valence-electron chi connectivity index (χ0n) is 15.4. The van der Waals surface area contributed by atoms with Gasteiger partial charge < -0.3 is 5.32 Å². The van der Waals surface area contributed by atoms with Crippen LogP contribution in [0.3, 0.4) is 0 Å². The van der Waals surface area contributed by atoms with E-state index in [9.17, 15) is 8.42 Å². The first-order valence-corrected chi connectivity index (χ1v) is 10.4. The molecule has 140 valence electrons. The van der Waals surface area contributed by atoms with Crippen LogP contribution in [0, 0.1) is 0 Å². The number of aromatic nitrogens is 1. The molecule has 0 saturated heterocycles. The molecular weight excluding hydrogens is 358 g/mol. The van der Waals surface area contributed by atoms with E-state index in [0.717, 1.165) is 23.2 Å². The third kappa shape index (κ3) is 4.86. The van der Waals surface area contributed by atoms with E-state index in [-0.39, 0.29) is 16.8 Å². The Kier molecular flexibility index (Phi) is 5.76. The number of nitrogens with zero attached hydrogens (tertiary/aromatic N) is 1. The van der Waals surface area contributed by atoms with Gasteiger partial charge in [-0.25, -0.2) is 13.4 Å². The lowest BCUT2D eigenvalue weighted by atomic mass is 10.1. The van der Waals surface area contributed by atoms with Crippen LogP contribution in [0.2, 0.25) is 0 Å². The Morgan fingerprint density at radius 3 is 2.26 bits per heavy atom. The monoisotopic (exact) mass is 381 g/mol. The molecule has 3 aromatic rings. The third-order valence-corrected chi connectivity index (χ3v) is 5.70. The highest BCUT2D eigenvalue weighted by atomic mass is 32.2. The van der Waals surface area contributed by atoms with Crippen molar-refractivity contribution in [2.24, 2.45) is 0 Å². The number of aryl methyl sites for hydroxylation is 1. The number of nitrogens with one attached hydrogen (secondary N) is 2. The van der Waals surface area contributed by atoms with Crippen LogP contribution in [0.4, 0.5) is 11.5 Å². The van der Waals surface area contributed by atoms with Gasteiger partial charge in [0.2, 0.25) is 0 Å². The molecule has 0 aliphatic carbocycles. The molecule has 0 amide bonds. The first-order valence-electron chi connectivity index (χ1n) is 8.87. The van der Waals surface area contributed by atoms with E-state index in [1.165, 1.54) is 0 Å². The Balaban J connectivity index is 1.67. The smallest absolute Gasteiger partial charge is 0.263 e. The molecule has 1 unspecified atom stereocenters. The second-order valence-corrected chi connectivity index (χ2v) is 7.99. The number of hydrogen-bond donors (Lipinski definition) is 2. The van der Waals surface area contributed by atoms with E-state index >= 15 is 0 Å². The van der Waals surface area contributed by atoms with Gasteiger partial charge in [-0.15, -0.1) is 0 Å². The number of anilines is 2. The summed E-state index contributed by atoms with van der Waals surface area (Å²) < 4.78 is 27.5. The molecule has 3 rings (SSSR count). The van der Waals surface area contributed by atoms with E-state index in [1.807, 2.05) is 43.3 Å². The van der Waals surface area contributed by atoms with Crippen molar-refractivity contribution in [2.75, 3.05) is 10.0 Å². The minimum Gasteiger partial charge on any atom is -0.377 e. The van der Waals surface area contributed by atoms with Crippen LogP contribution in [0.25, 0.3) is 0 Å². The van der Waals surface area contributed by atoms with Crippen molar-refractivity contribution in [2.45, 2.75) is 31.2 Å². The number of sulfonamides is 1. The molecule has 0 aliphatic heterocycles. The second-order valence-electron chi connectivity index (χ2n) is 6.31. The first kappa shape index (κ1) is 18.9. The second kappa shape index (κ2) is 8.22. The van der Waals surface area contributed by atoms with Crippen LogP contribution in [-0.2, 0) is 16.4 Å². The van der Waals surface area contributed by atoms with Crippen LogP contribution in [0.1, 0.15) is 31.0 Å². The Morgan fingerprint density at radius 1 is 0.963 bits per heavy atom. The van der Waals surface area contributed by atoms with Gasteiger partial charge in [0.1, 0.15) is 5.82 Å². The lowest BCUT2D eigenvalue weighted by Crippen LogP contribution is -2.14. The fourth-order valence-corrected chi connectivity index (χ4v) is 3.72. The van der Waals surface area contributed by atoms with Gasteiger partial charge in [-0.1, -0.05) is 49.4 Å². The van der Waals surface area contributed by atoms with E-state index in [1.54, 1.807) is 24.4 Å². The highest BCUT2D eigenvalue weighted by Gasteiger charge is 2.14. The summed E-state index contributed by atoms with van der Waals surface area (Å²) in [5.41, 5.74) is 3.08. The fourth-order valence-electron chi connectivity index (χ4n) is 2.72. The topological polar surface area (TPSA) is 71.1 Å². The SMILES string of the molecule is CCc1ccc(S(=O)(=O)Nc2ccc(NC(C)c3ccccc3)cn2)cc1. The molecular formula is C21H23N3O2S. The molecule has 5 nitrogen and oxygen atoms in total. The number of benzene rings is 2. The Labute approximate surface area is 160 Å². The lowest BCUT2D eigenvalue weighted by Gasteiger charge is -2.15. The Bertz CT molecular complexity index is 970. The van der Waals surface area contributed by atoms with Crippen molar-refractivity contribution < 1.29 is 8.42 Å². The van der Waals surface area contributed by atoms with Gasteiger partial charge >= 0.3 is 0 Å². The maximum atomic E-state index is 12.5. The van der Waals surface area contributed by atoms with E-state index < -0.39 is 10.0 Å². The van der Waals surface area contributed by atoms with Gasteiger partial charge in [-0.05, 0) is 48.7 Å². The molecule has 0 fully saturated rings. The summed E-state index contributed by atoms with van der Waals surface area (Å²) in [5.74, 6) is 0.285. The predicted molar refractivity (Wildman–Crippen MR) is 109 cm³/mol. The number of rotatable bonds is 7. The van der Waals surface area contributed by atoms with Gasteiger partial charge in [0.05, 0.1) is 16.8 Å². The maximum Gasteiger partial charge on any atom is 0.263 e. The summed E-state index contributed by atoms with van der Waals surface area (Å²) in [7, 11) is -3.65. The molecule has 6 heteroatoms. The summed E-state index contributed by atoms with van der Waals surface area (Å²) in [4.78, 5) is 4.44. The molecule has 1 aromatic heterocycles. The molecule has 0 bridgehead atoms. The third-order valence-electron chi connectivity index (χ3n) is 4.33. The lowest BCUT2D eigenvalue weighted by molar-refractivity contribution is 0.601. The molecule has 0 spiro atoms. The highest BCUT2D eigenvalue weighted by Crippen LogP contribution is 2.20. The van der Waals surface area contributed by atoms with E-state index in [0.29, 0.717) is 0 Å². The van der Waals surface area contributed by atoms with Gasteiger partial charge in [-0.2, -0.15) is 0 Å². The summed E-state index contributed by atoms with van der Waals surface area (Å²) in [6.45, 7) is 4.09. The fraction of sp³-hybridized carbons (Fsp3) is 0.190. The molecule has 0 radical (unpaired) electrons. The molecule has 27 heavy (non-hydrogen) atoms.